The summed E-state index contributed by atoms with van der Waals surface area (Å²) in [7, 11) is 3.47. The van der Waals surface area contributed by atoms with Crippen molar-refractivity contribution in [2.45, 2.75) is 39.3 Å². The molecular weight excluding hydrogens is 216 g/mol. The summed E-state index contributed by atoms with van der Waals surface area (Å²) < 4.78 is 10.7. The Bertz CT molecular complexity index is 200. The monoisotopic (exact) mass is 246 g/mol. The summed E-state index contributed by atoms with van der Waals surface area (Å²) in [5.74, 6) is 0.437. The van der Waals surface area contributed by atoms with E-state index in [0.717, 1.165) is 6.54 Å². The number of hydrogen-bond donors (Lipinski definition) is 1. The first-order chi connectivity index (χ1) is 7.99. The van der Waals surface area contributed by atoms with Gasteiger partial charge in [-0.05, 0) is 19.4 Å². The van der Waals surface area contributed by atoms with Crippen LogP contribution >= 0.6 is 0 Å². The summed E-state index contributed by atoms with van der Waals surface area (Å²) in [6.07, 6.45) is 0. The molecule has 2 unspecified atom stereocenters. The minimum absolute atomic E-state index is 0.110. The minimum Gasteiger partial charge on any atom is -0.383 e. The first kappa shape index (κ1) is 16.8. The Morgan fingerprint density at radius 1 is 1.18 bits per heavy atom. The lowest BCUT2D eigenvalue weighted by Crippen LogP contribution is -2.63. The van der Waals surface area contributed by atoms with Crippen LogP contribution in [0.4, 0.5) is 0 Å². The molecule has 0 radical (unpaired) electrons. The fourth-order valence-corrected chi connectivity index (χ4v) is 2.64. The summed E-state index contributed by atoms with van der Waals surface area (Å²) in [6.45, 7) is 11.7. The van der Waals surface area contributed by atoms with Crippen molar-refractivity contribution < 1.29 is 9.47 Å². The molecule has 0 rings (SSSR count). The van der Waals surface area contributed by atoms with E-state index < -0.39 is 0 Å². The topological polar surface area (TPSA) is 47.7 Å². The third kappa shape index (κ3) is 3.91. The Balaban J connectivity index is 5.07. The molecule has 0 saturated heterocycles. The van der Waals surface area contributed by atoms with Crippen LogP contribution in [0.25, 0.3) is 0 Å². The molecule has 0 heterocycles. The second-order valence-electron chi connectivity index (χ2n) is 4.99. The highest BCUT2D eigenvalue weighted by molar-refractivity contribution is 4.96. The smallest absolute Gasteiger partial charge is 0.0661 e. The van der Waals surface area contributed by atoms with Crippen molar-refractivity contribution in [1.29, 1.82) is 0 Å². The van der Waals surface area contributed by atoms with Gasteiger partial charge in [0.25, 0.3) is 0 Å². The maximum absolute atomic E-state index is 6.04. The van der Waals surface area contributed by atoms with Gasteiger partial charge in [0.05, 0.1) is 18.8 Å². The lowest BCUT2D eigenvalue weighted by molar-refractivity contribution is -0.0494. The summed E-state index contributed by atoms with van der Waals surface area (Å²) in [5, 5.41) is 0. The van der Waals surface area contributed by atoms with Crippen LogP contribution in [-0.4, -0.2) is 57.0 Å². The molecule has 0 aromatic rings. The zero-order valence-corrected chi connectivity index (χ0v) is 12.3. The van der Waals surface area contributed by atoms with E-state index in [-0.39, 0.29) is 5.54 Å². The van der Waals surface area contributed by atoms with Crippen molar-refractivity contribution in [3.05, 3.63) is 0 Å². The third-order valence-electron chi connectivity index (χ3n) is 3.68. The molecule has 0 fully saturated rings. The third-order valence-corrected chi connectivity index (χ3v) is 3.68. The van der Waals surface area contributed by atoms with Crippen molar-refractivity contribution in [1.82, 2.24) is 4.90 Å². The number of likely N-dealkylation sites (N-methyl/N-ethyl adjacent to an activating group) is 1. The van der Waals surface area contributed by atoms with E-state index >= 15 is 0 Å². The van der Waals surface area contributed by atoms with E-state index in [4.69, 9.17) is 15.2 Å². The molecule has 17 heavy (non-hydrogen) atoms. The first-order valence-corrected chi connectivity index (χ1v) is 6.44. The van der Waals surface area contributed by atoms with Crippen LogP contribution in [0.1, 0.15) is 27.7 Å². The van der Waals surface area contributed by atoms with Crippen LogP contribution in [0.3, 0.4) is 0 Å². The van der Waals surface area contributed by atoms with E-state index in [0.29, 0.717) is 31.7 Å². The molecular formula is C13H30N2O2. The molecule has 4 nitrogen and oxygen atoms in total. The number of methoxy groups -OCH3 is 2. The fourth-order valence-electron chi connectivity index (χ4n) is 2.64. The highest BCUT2D eigenvalue weighted by atomic mass is 16.5. The normalized spacial score (nSPS) is 17.5. The molecule has 0 bridgehead atoms. The summed E-state index contributed by atoms with van der Waals surface area (Å²) in [5.41, 5.74) is 5.93. The summed E-state index contributed by atoms with van der Waals surface area (Å²) in [6, 6.07) is 0.339. The molecule has 4 heteroatoms. The molecule has 2 N–H and O–H groups in total. The van der Waals surface area contributed by atoms with Crippen molar-refractivity contribution in [2.75, 3.05) is 40.5 Å². The second-order valence-corrected chi connectivity index (χ2v) is 4.99. The van der Waals surface area contributed by atoms with Crippen LogP contribution in [0, 0.1) is 5.92 Å². The van der Waals surface area contributed by atoms with Crippen molar-refractivity contribution in [3.8, 4) is 0 Å². The SMILES string of the molecule is CCN(C(C)COC)C(CN)(COC)C(C)C. The van der Waals surface area contributed by atoms with Crippen LogP contribution in [0.5, 0.6) is 0 Å². The zero-order chi connectivity index (χ0) is 13.5. The van der Waals surface area contributed by atoms with Gasteiger partial charge in [0.15, 0.2) is 0 Å². The van der Waals surface area contributed by atoms with Crippen molar-refractivity contribution in [3.63, 3.8) is 0 Å². The quantitative estimate of drug-likeness (QED) is 0.667. The molecule has 2 atom stereocenters. The van der Waals surface area contributed by atoms with Gasteiger partial charge in [-0.2, -0.15) is 0 Å². The number of rotatable bonds is 9. The van der Waals surface area contributed by atoms with Gasteiger partial charge in [-0.3, -0.25) is 4.90 Å². The lowest BCUT2D eigenvalue weighted by atomic mass is 9.84. The molecule has 0 aromatic carbocycles. The average Bonchev–Trinajstić information content (AvgIpc) is 2.28. The standard InChI is InChI=1S/C13H30N2O2/c1-7-15(12(4)8-16-5)13(9-14,10-17-6)11(2)3/h11-12H,7-10,14H2,1-6H3. The fraction of sp³-hybridized carbons (Fsp3) is 1.00. The largest absolute Gasteiger partial charge is 0.383 e. The van der Waals surface area contributed by atoms with E-state index in [2.05, 4.69) is 32.6 Å². The van der Waals surface area contributed by atoms with Crippen LogP contribution in [0.15, 0.2) is 0 Å². The highest BCUT2D eigenvalue weighted by Crippen LogP contribution is 2.26. The predicted octanol–water partition coefficient (Wildman–Crippen LogP) is 1.34. The Hall–Kier alpha value is -0.160. The Kier molecular flexibility index (Phi) is 7.96. The number of nitrogens with zero attached hydrogens (tertiary/aromatic N) is 1. The average molecular weight is 246 g/mol. The lowest BCUT2D eigenvalue weighted by Gasteiger charge is -2.48. The molecule has 0 aliphatic heterocycles. The number of nitrogens with two attached hydrogens (primary N) is 1. The van der Waals surface area contributed by atoms with Gasteiger partial charge in [0.1, 0.15) is 0 Å². The van der Waals surface area contributed by atoms with Gasteiger partial charge >= 0.3 is 0 Å². The van der Waals surface area contributed by atoms with Crippen LogP contribution in [0.2, 0.25) is 0 Å². The van der Waals surface area contributed by atoms with E-state index in [1.165, 1.54) is 0 Å². The zero-order valence-electron chi connectivity index (χ0n) is 12.3. The summed E-state index contributed by atoms with van der Waals surface area (Å²) in [4.78, 5) is 2.41. The first-order valence-electron chi connectivity index (χ1n) is 6.44. The Morgan fingerprint density at radius 3 is 2.06 bits per heavy atom. The van der Waals surface area contributed by atoms with Gasteiger partial charge in [0, 0.05) is 26.8 Å². The van der Waals surface area contributed by atoms with Crippen LogP contribution in [-0.2, 0) is 9.47 Å². The molecule has 0 aromatic heterocycles. The predicted molar refractivity (Wildman–Crippen MR) is 72.2 cm³/mol. The van der Waals surface area contributed by atoms with Gasteiger partial charge in [-0.15, -0.1) is 0 Å². The second kappa shape index (κ2) is 8.03. The van der Waals surface area contributed by atoms with E-state index in [1.54, 1.807) is 14.2 Å². The van der Waals surface area contributed by atoms with Gasteiger partial charge < -0.3 is 15.2 Å². The Morgan fingerprint density at radius 2 is 1.76 bits per heavy atom. The maximum atomic E-state index is 6.04. The number of ether oxygens (including phenoxy) is 2. The molecule has 0 aliphatic rings. The molecule has 0 amide bonds. The summed E-state index contributed by atoms with van der Waals surface area (Å²) >= 11 is 0. The van der Waals surface area contributed by atoms with Gasteiger partial charge in [-0.1, -0.05) is 20.8 Å². The molecule has 0 saturated carbocycles. The van der Waals surface area contributed by atoms with Crippen LogP contribution < -0.4 is 5.73 Å². The van der Waals surface area contributed by atoms with Gasteiger partial charge in [-0.25, -0.2) is 0 Å². The van der Waals surface area contributed by atoms with Crippen molar-refractivity contribution >= 4 is 0 Å². The van der Waals surface area contributed by atoms with Crippen molar-refractivity contribution in [2.24, 2.45) is 11.7 Å². The van der Waals surface area contributed by atoms with E-state index in [9.17, 15) is 0 Å². The molecule has 0 spiro atoms. The molecule has 0 aliphatic carbocycles. The number of hydrogen-bond acceptors (Lipinski definition) is 4. The Labute approximate surface area is 106 Å². The van der Waals surface area contributed by atoms with Gasteiger partial charge in [0.2, 0.25) is 0 Å². The maximum Gasteiger partial charge on any atom is 0.0661 e. The minimum atomic E-state index is -0.110. The highest BCUT2D eigenvalue weighted by Gasteiger charge is 2.40. The molecule has 104 valence electrons. The van der Waals surface area contributed by atoms with E-state index in [1.807, 2.05) is 0 Å².